The molecule has 13 atom stereocenters. The number of aliphatic hydroxyl groups excluding tert-OH is 5. The molecule has 2 heterocycles. The summed E-state index contributed by atoms with van der Waals surface area (Å²) in [5.41, 5.74) is -3.57. The first kappa shape index (κ1) is 24.7. The first-order valence-electron chi connectivity index (χ1n) is 12.7. The smallest absolute Gasteiger partial charge is 0.315 e. The van der Waals surface area contributed by atoms with E-state index in [1.165, 1.54) is 0 Å². The van der Waals surface area contributed by atoms with E-state index in [1.54, 1.807) is 6.92 Å². The lowest BCUT2D eigenvalue weighted by molar-refractivity contribution is -0.326. The van der Waals surface area contributed by atoms with E-state index in [1.807, 2.05) is 0 Å². The highest BCUT2D eigenvalue weighted by atomic mass is 16.7. The van der Waals surface area contributed by atoms with Gasteiger partial charge in [0.05, 0.1) is 29.6 Å². The van der Waals surface area contributed by atoms with Gasteiger partial charge in [0.25, 0.3) is 0 Å². The molecule has 4 bridgehead atoms. The molecule has 1 spiro atoms. The number of carboxylic acids is 1. The standard InChI is InChI=1S/C25H34O11/c1-10-7-23-9-24(10,35-20-17(30)16(29)15(28)11(8-26)34-20)5-3-12(23)25-6-4-13(27)22(2,21(33)36-25)18(25)14(23)19(31)32/h11-18,20,26-30H,1,3-9H2,2H3,(H,31,32)/t11-,12-,13-,14-,15-,16+,17-,18-,20+,22-,23+,24-,25-/m1/s1. The molecular weight excluding hydrogens is 476 g/mol. The van der Waals surface area contributed by atoms with E-state index in [0.717, 1.165) is 0 Å². The van der Waals surface area contributed by atoms with Crippen molar-refractivity contribution in [3.05, 3.63) is 12.2 Å². The van der Waals surface area contributed by atoms with E-state index in [9.17, 15) is 40.2 Å². The third-order valence-corrected chi connectivity index (χ3v) is 10.7. The normalized spacial score (nSPS) is 57.3. The molecule has 6 rings (SSSR count). The lowest BCUT2D eigenvalue weighted by Crippen LogP contribution is -2.61. The fourth-order valence-electron chi connectivity index (χ4n) is 9.20. The third-order valence-electron chi connectivity index (χ3n) is 10.7. The zero-order valence-corrected chi connectivity index (χ0v) is 20.1. The minimum absolute atomic E-state index is 0.247. The average molecular weight is 511 g/mol. The number of aliphatic carboxylic acids is 1. The number of aliphatic hydroxyl groups is 5. The van der Waals surface area contributed by atoms with E-state index < -0.39 is 89.2 Å². The summed E-state index contributed by atoms with van der Waals surface area (Å²) in [6.45, 7) is 5.26. The Kier molecular flexibility index (Phi) is 5.15. The Balaban J connectivity index is 1.39. The Morgan fingerprint density at radius 2 is 1.86 bits per heavy atom. The van der Waals surface area contributed by atoms with E-state index in [4.69, 9.17) is 14.2 Å². The topological polar surface area (TPSA) is 183 Å². The zero-order valence-electron chi connectivity index (χ0n) is 20.1. The van der Waals surface area contributed by atoms with Crippen LogP contribution in [0, 0.1) is 28.6 Å². The number of fused-ring (bicyclic) bond motifs is 1. The number of rotatable bonds is 4. The average Bonchev–Trinajstić information content (AvgIpc) is 3.27. The Morgan fingerprint density at radius 3 is 2.53 bits per heavy atom. The van der Waals surface area contributed by atoms with Gasteiger partial charge in [0.15, 0.2) is 6.29 Å². The molecule has 4 aliphatic carbocycles. The summed E-state index contributed by atoms with van der Waals surface area (Å²) < 4.78 is 18.0. The zero-order chi connectivity index (χ0) is 26.0. The third kappa shape index (κ3) is 2.67. The Labute approximate surface area is 207 Å². The van der Waals surface area contributed by atoms with Crippen LogP contribution < -0.4 is 0 Å². The van der Waals surface area contributed by atoms with Crippen LogP contribution in [-0.2, 0) is 23.8 Å². The van der Waals surface area contributed by atoms with E-state index in [0.29, 0.717) is 37.7 Å². The molecule has 6 fully saturated rings. The fourth-order valence-corrected chi connectivity index (χ4v) is 9.20. The number of hydrogen-bond acceptors (Lipinski definition) is 10. The van der Waals surface area contributed by atoms with Crippen molar-refractivity contribution in [1.82, 2.24) is 0 Å². The van der Waals surface area contributed by atoms with Gasteiger partial charge in [0.1, 0.15) is 30.0 Å². The van der Waals surface area contributed by atoms with Gasteiger partial charge in [0, 0.05) is 11.8 Å². The predicted octanol–water partition coefficient (Wildman–Crippen LogP) is -0.925. The van der Waals surface area contributed by atoms with E-state index in [-0.39, 0.29) is 12.3 Å². The summed E-state index contributed by atoms with van der Waals surface area (Å²) in [5.74, 6) is -3.53. The largest absolute Gasteiger partial charge is 0.481 e. The van der Waals surface area contributed by atoms with Crippen LogP contribution in [0.25, 0.3) is 0 Å². The molecule has 2 saturated heterocycles. The van der Waals surface area contributed by atoms with Crippen molar-refractivity contribution in [1.29, 1.82) is 0 Å². The maximum absolute atomic E-state index is 13.1. The maximum atomic E-state index is 13.1. The van der Waals surface area contributed by atoms with Gasteiger partial charge in [0.2, 0.25) is 0 Å². The molecule has 4 saturated carbocycles. The van der Waals surface area contributed by atoms with Gasteiger partial charge in [-0.3, -0.25) is 9.59 Å². The molecule has 0 amide bonds. The molecule has 0 aromatic rings. The van der Waals surface area contributed by atoms with Crippen LogP contribution in [0.3, 0.4) is 0 Å². The fraction of sp³-hybridized carbons (Fsp3) is 0.840. The minimum atomic E-state index is -1.60. The van der Waals surface area contributed by atoms with Gasteiger partial charge in [-0.2, -0.15) is 0 Å². The number of esters is 1. The molecule has 11 heteroatoms. The number of ether oxygens (including phenoxy) is 3. The van der Waals surface area contributed by atoms with Gasteiger partial charge >= 0.3 is 11.9 Å². The predicted molar refractivity (Wildman–Crippen MR) is 118 cm³/mol. The number of carbonyl (C=O) groups is 2. The van der Waals surface area contributed by atoms with Gasteiger partial charge in [-0.05, 0) is 56.4 Å². The Hall–Kier alpha value is -1.60. The van der Waals surface area contributed by atoms with Crippen LogP contribution >= 0.6 is 0 Å². The Bertz CT molecular complexity index is 1010. The maximum Gasteiger partial charge on any atom is 0.315 e. The van der Waals surface area contributed by atoms with Crippen LogP contribution in [0.5, 0.6) is 0 Å². The first-order valence-corrected chi connectivity index (χ1v) is 12.7. The van der Waals surface area contributed by atoms with Crippen LogP contribution in [0.2, 0.25) is 0 Å². The lowest BCUT2D eigenvalue weighted by atomic mass is 9.59. The molecule has 0 unspecified atom stereocenters. The van der Waals surface area contributed by atoms with Crippen LogP contribution in [0.1, 0.15) is 45.4 Å². The van der Waals surface area contributed by atoms with Gasteiger partial charge in [-0.15, -0.1) is 0 Å². The summed E-state index contributed by atoms with van der Waals surface area (Å²) in [6.07, 6.45) is -6.03. The van der Waals surface area contributed by atoms with Crippen molar-refractivity contribution in [3.63, 3.8) is 0 Å². The van der Waals surface area contributed by atoms with E-state index >= 15 is 0 Å². The Morgan fingerprint density at radius 1 is 1.14 bits per heavy atom. The second kappa shape index (κ2) is 7.49. The van der Waals surface area contributed by atoms with Crippen molar-refractivity contribution in [2.45, 2.75) is 93.5 Å². The summed E-state index contributed by atoms with van der Waals surface area (Å²) in [6, 6.07) is 0. The summed E-state index contributed by atoms with van der Waals surface area (Å²) in [5, 5.41) is 61.9. The minimum Gasteiger partial charge on any atom is -0.481 e. The van der Waals surface area contributed by atoms with Crippen molar-refractivity contribution in [2.75, 3.05) is 6.61 Å². The molecule has 2 aliphatic heterocycles. The van der Waals surface area contributed by atoms with Crippen molar-refractivity contribution in [2.24, 2.45) is 28.6 Å². The molecule has 0 radical (unpaired) electrons. The highest BCUT2D eigenvalue weighted by Crippen LogP contribution is 2.78. The second-order valence-electron chi connectivity index (χ2n) is 12.1. The van der Waals surface area contributed by atoms with Crippen molar-refractivity contribution >= 4 is 11.9 Å². The van der Waals surface area contributed by atoms with Gasteiger partial charge < -0.3 is 44.8 Å². The monoisotopic (exact) mass is 510 g/mol. The SMILES string of the molecule is C=C1C[C@]23C[C@]1(O[C@@H]1O[C@H](CO)[C@@H](O)[C@H](O)[C@H]1O)CC[C@H]2[C@@]12CC[C@@H](O)[C@@](C)(C(=O)O1)[C@H]2[C@@H]3C(=O)O. The first-order chi connectivity index (χ1) is 16.9. The molecule has 6 N–H and O–H groups in total. The van der Waals surface area contributed by atoms with Crippen molar-refractivity contribution < 1.29 is 54.4 Å². The summed E-state index contributed by atoms with van der Waals surface area (Å²) in [7, 11) is 0. The van der Waals surface area contributed by atoms with Crippen LogP contribution in [0.15, 0.2) is 12.2 Å². The summed E-state index contributed by atoms with van der Waals surface area (Å²) in [4.78, 5) is 26.0. The number of carbonyl (C=O) groups excluding carboxylic acids is 1. The molecule has 11 nitrogen and oxygen atoms in total. The van der Waals surface area contributed by atoms with E-state index in [2.05, 4.69) is 6.58 Å². The summed E-state index contributed by atoms with van der Waals surface area (Å²) >= 11 is 0. The van der Waals surface area contributed by atoms with Gasteiger partial charge in [-0.25, -0.2) is 0 Å². The molecular formula is C25H34O11. The molecule has 6 aliphatic rings. The van der Waals surface area contributed by atoms with Gasteiger partial charge in [-0.1, -0.05) is 6.58 Å². The quantitative estimate of drug-likeness (QED) is 0.203. The molecule has 0 aromatic heterocycles. The lowest BCUT2D eigenvalue weighted by Gasteiger charge is -2.49. The number of carboxylic acid groups (broad SMARTS) is 1. The highest BCUT2D eigenvalue weighted by molar-refractivity contribution is 5.85. The number of hydrogen-bond donors (Lipinski definition) is 6. The molecule has 0 aromatic carbocycles. The second-order valence-corrected chi connectivity index (χ2v) is 12.1. The van der Waals surface area contributed by atoms with Crippen molar-refractivity contribution in [3.8, 4) is 0 Å². The molecule has 36 heavy (non-hydrogen) atoms. The van der Waals surface area contributed by atoms with Crippen LogP contribution in [-0.4, -0.2) is 97.2 Å². The highest BCUT2D eigenvalue weighted by Gasteiger charge is 2.84. The van der Waals surface area contributed by atoms with Crippen LogP contribution in [0.4, 0.5) is 0 Å². The molecule has 200 valence electrons.